The highest BCUT2D eigenvalue weighted by Gasteiger charge is 2.27. The zero-order valence-electron chi connectivity index (χ0n) is 16.3. The second-order valence-corrected chi connectivity index (χ2v) is 7.66. The van der Waals surface area contributed by atoms with Gasteiger partial charge in [0.05, 0.1) is 6.61 Å². The number of anilines is 2. The number of nitrogens with zero attached hydrogens (tertiary/aromatic N) is 7. The molecule has 0 amide bonds. The zero-order valence-corrected chi connectivity index (χ0v) is 16.3. The van der Waals surface area contributed by atoms with Gasteiger partial charge in [-0.15, -0.1) is 0 Å². The summed E-state index contributed by atoms with van der Waals surface area (Å²) in [6.07, 6.45) is 4.87. The number of piperidine rings is 1. The Morgan fingerprint density at radius 2 is 1.89 bits per heavy atom. The average Bonchev–Trinajstić information content (AvgIpc) is 3.34. The van der Waals surface area contributed by atoms with E-state index in [2.05, 4.69) is 32.1 Å². The van der Waals surface area contributed by atoms with Crippen molar-refractivity contribution in [3.63, 3.8) is 0 Å². The summed E-state index contributed by atoms with van der Waals surface area (Å²) in [6.45, 7) is 7.03. The number of fused-ring (bicyclic) bond motifs is 1. The predicted molar refractivity (Wildman–Crippen MR) is 103 cm³/mol. The van der Waals surface area contributed by atoms with Crippen LogP contribution in [0.4, 0.5) is 11.6 Å². The molecule has 0 spiro atoms. The Labute approximate surface area is 159 Å². The van der Waals surface area contributed by atoms with Crippen molar-refractivity contribution in [1.29, 1.82) is 0 Å². The Hall–Kier alpha value is -2.00. The first-order chi connectivity index (χ1) is 13.2. The Kier molecular flexibility index (Phi) is 5.68. The second kappa shape index (κ2) is 8.35. The normalized spacial score (nSPS) is 21.3. The minimum Gasteiger partial charge on any atom is -0.383 e. The first kappa shape index (κ1) is 18.4. The molecule has 0 bridgehead atoms. The van der Waals surface area contributed by atoms with Gasteiger partial charge in [-0.1, -0.05) is 0 Å². The minimum atomic E-state index is 0.478. The van der Waals surface area contributed by atoms with Crippen molar-refractivity contribution in [2.45, 2.75) is 25.7 Å². The van der Waals surface area contributed by atoms with Crippen LogP contribution < -0.4 is 9.80 Å². The van der Waals surface area contributed by atoms with Crippen LogP contribution >= 0.6 is 0 Å². The maximum atomic E-state index is 5.21. The van der Waals surface area contributed by atoms with E-state index in [-0.39, 0.29) is 0 Å². The molecular weight excluding hydrogens is 346 g/mol. The lowest BCUT2D eigenvalue weighted by atomic mass is 10.1. The number of hydrogen-bond acceptors (Lipinski definition) is 9. The molecule has 4 rings (SSSR count). The number of likely N-dealkylation sites (tertiary alicyclic amines) is 1. The van der Waals surface area contributed by atoms with Crippen molar-refractivity contribution in [3.05, 3.63) is 0 Å². The van der Waals surface area contributed by atoms with Gasteiger partial charge in [-0.05, 0) is 48.5 Å². The molecule has 0 N–H and O–H groups in total. The number of rotatable bonds is 7. The molecule has 2 aliphatic rings. The third-order valence-corrected chi connectivity index (χ3v) is 5.61. The van der Waals surface area contributed by atoms with Gasteiger partial charge in [-0.2, -0.15) is 0 Å². The highest BCUT2D eigenvalue weighted by Crippen LogP contribution is 2.30. The first-order valence-electron chi connectivity index (χ1n) is 9.92. The van der Waals surface area contributed by atoms with Crippen molar-refractivity contribution < 1.29 is 9.37 Å². The van der Waals surface area contributed by atoms with Crippen LogP contribution in [0.3, 0.4) is 0 Å². The monoisotopic (exact) mass is 375 g/mol. The van der Waals surface area contributed by atoms with Gasteiger partial charge >= 0.3 is 0 Å². The molecule has 27 heavy (non-hydrogen) atoms. The molecule has 0 radical (unpaired) electrons. The quantitative estimate of drug-likeness (QED) is 0.713. The molecule has 148 valence electrons. The van der Waals surface area contributed by atoms with Gasteiger partial charge in [-0.3, -0.25) is 0 Å². The van der Waals surface area contributed by atoms with Crippen LogP contribution in [0.15, 0.2) is 4.63 Å². The Bertz CT molecular complexity index is 746. The number of methoxy groups -OCH3 is 1. The molecule has 2 aromatic heterocycles. The highest BCUT2D eigenvalue weighted by molar-refractivity contribution is 5.74. The molecule has 0 unspecified atom stereocenters. The number of hydrogen-bond donors (Lipinski definition) is 0. The molecule has 2 saturated heterocycles. The SMILES string of the molecule is COCCN1CC[C@H](CN(C)c2nc3nonc3nc2N2CCCCC2)C1. The van der Waals surface area contributed by atoms with Crippen LogP contribution in [-0.4, -0.2) is 85.2 Å². The lowest BCUT2D eigenvalue weighted by Crippen LogP contribution is -2.34. The third kappa shape index (κ3) is 4.14. The molecule has 0 aliphatic carbocycles. The summed E-state index contributed by atoms with van der Waals surface area (Å²) in [4.78, 5) is 16.5. The van der Waals surface area contributed by atoms with E-state index in [1.54, 1.807) is 7.11 Å². The van der Waals surface area contributed by atoms with Crippen LogP contribution in [0.5, 0.6) is 0 Å². The Morgan fingerprint density at radius 3 is 2.67 bits per heavy atom. The summed E-state index contributed by atoms with van der Waals surface area (Å²) in [5.41, 5.74) is 0.963. The predicted octanol–water partition coefficient (Wildman–Crippen LogP) is 1.41. The van der Waals surface area contributed by atoms with Crippen molar-refractivity contribution >= 4 is 22.9 Å². The summed E-state index contributed by atoms with van der Waals surface area (Å²) in [5.74, 6) is 2.42. The summed E-state index contributed by atoms with van der Waals surface area (Å²) in [5, 5.41) is 7.79. The fraction of sp³-hybridized carbons (Fsp3) is 0.778. The second-order valence-electron chi connectivity index (χ2n) is 7.66. The molecule has 4 heterocycles. The molecule has 2 aliphatic heterocycles. The van der Waals surface area contributed by atoms with E-state index in [0.717, 1.165) is 57.5 Å². The van der Waals surface area contributed by atoms with Crippen LogP contribution in [0, 0.1) is 5.92 Å². The molecule has 2 aromatic rings. The van der Waals surface area contributed by atoms with Crippen LogP contribution in [0.2, 0.25) is 0 Å². The van der Waals surface area contributed by atoms with E-state index < -0.39 is 0 Å². The van der Waals surface area contributed by atoms with Crippen molar-refractivity contribution in [3.8, 4) is 0 Å². The van der Waals surface area contributed by atoms with Crippen molar-refractivity contribution in [2.75, 3.05) is 69.8 Å². The molecule has 0 aromatic carbocycles. The minimum absolute atomic E-state index is 0.478. The van der Waals surface area contributed by atoms with Crippen LogP contribution in [0.1, 0.15) is 25.7 Å². The smallest absolute Gasteiger partial charge is 0.245 e. The Morgan fingerprint density at radius 1 is 1.11 bits per heavy atom. The van der Waals surface area contributed by atoms with E-state index in [1.165, 1.54) is 25.7 Å². The fourth-order valence-corrected chi connectivity index (χ4v) is 4.15. The van der Waals surface area contributed by atoms with Gasteiger partial charge in [0.15, 0.2) is 11.6 Å². The van der Waals surface area contributed by atoms with Gasteiger partial charge in [0.25, 0.3) is 0 Å². The summed E-state index contributed by atoms with van der Waals surface area (Å²) < 4.78 is 10.1. The molecule has 0 saturated carbocycles. The van der Waals surface area contributed by atoms with E-state index in [4.69, 9.17) is 19.3 Å². The van der Waals surface area contributed by atoms with E-state index in [9.17, 15) is 0 Å². The number of aromatic nitrogens is 4. The maximum Gasteiger partial charge on any atom is 0.245 e. The van der Waals surface area contributed by atoms with E-state index in [0.29, 0.717) is 17.2 Å². The topological polar surface area (TPSA) is 83.7 Å². The van der Waals surface area contributed by atoms with Gasteiger partial charge in [0.1, 0.15) is 0 Å². The van der Waals surface area contributed by atoms with Gasteiger partial charge in [-0.25, -0.2) is 14.6 Å². The maximum absolute atomic E-state index is 5.21. The molecule has 9 nitrogen and oxygen atoms in total. The highest BCUT2D eigenvalue weighted by atomic mass is 16.6. The average molecular weight is 375 g/mol. The molecule has 9 heteroatoms. The first-order valence-corrected chi connectivity index (χ1v) is 9.92. The fourth-order valence-electron chi connectivity index (χ4n) is 4.15. The van der Waals surface area contributed by atoms with Crippen molar-refractivity contribution in [1.82, 2.24) is 25.2 Å². The lowest BCUT2D eigenvalue weighted by Gasteiger charge is -2.31. The third-order valence-electron chi connectivity index (χ3n) is 5.61. The largest absolute Gasteiger partial charge is 0.383 e. The summed E-state index contributed by atoms with van der Waals surface area (Å²) in [7, 11) is 3.87. The molecule has 2 fully saturated rings. The molecular formula is C18H29N7O2. The summed E-state index contributed by atoms with van der Waals surface area (Å²) in [6, 6.07) is 0. The lowest BCUT2D eigenvalue weighted by molar-refractivity contribution is 0.159. The Balaban J connectivity index is 1.51. The van der Waals surface area contributed by atoms with Gasteiger partial charge in [0.2, 0.25) is 11.3 Å². The summed E-state index contributed by atoms with van der Waals surface area (Å²) >= 11 is 0. The van der Waals surface area contributed by atoms with Gasteiger partial charge < -0.3 is 19.4 Å². The van der Waals surface area contributed by atoms with Crippen molar-refractivity contribution in [2.24, 2.45) is 5.92 Å². The number of ether oxygens (including phenoxy) is 1. The van der Waals surface area contributed by atoms with Crippen LogP contribution in [0.25, 0.3) is 11.3 Å². The van der Waals surface area contributed by atoms with Crippen LogP contribution in [-0.2, 0) is 4.74 Å². The van der Waals surface area contributed by atoms with E-state index >= 15 is 0 Å². The van der Waals surface area contributed by atoms with Gasteiger partial charge in [0, 0.05) is 46.9 Å². The zero-order chi connectivity index (χ0) is 18.6. The standard InChI is InChI=1S/C18H29N7O2/c1-23(12-14-6-9-24(13-14)10-11-26-2)17-18(25-7-4-3-5-8-25)20-16-15(19-17)21-27-22-16/h14H,3-13H2,1-2H3/t14-/m1/s1. The van der Waals surface area contributed by atoms with E-state index in [1.807, 2.05) is 0 Å². The molecule has 1 atom stereocenters.